The van der Waals surface area contributed by atoms with Crippen LogP contribution in [0.5, 0.6) is 5.75 Å². The van der Waals surface area contributed by atoms with Crippen LogP contribution >= 0.6 is 0 Å². The molecule has 0 saturated heterocycles. The molecule has 0 heterocycles. The van der Waals surface area contributed by atoms with Crippen LogP contribution < -0.4 is 15.4 Å². The largest absolute Gasteiger partial charge is 0.489 e. The number of carbonyl (C=O) groups excluding carboxylic acids is 2. The molecule has 0 aliphatic heterocycles. The Morgan fingerprint density at radius 1 is 0.769 bits per heavy atom. The second-order valence-electron chi connectivity index (χ2n) is 11.3. The van der Waals surface area contributed by atoms with Crippen molar-refractivity contribution in [3.05, 3.63) is 102 Å². The van der Waals surface area contributed by atoms with Crippen LogP contribution in [0.2, 0.25) is 0 Å². The van der Waals surface area contributed by atoms with Gasteiger partial charge in [0, 0.05) is 13.0 Å². The molecule has 0 aromatic heterocycles. The van der Waals surface area contributed by atoms with Gasteiger partial charge in [0.05, 0.1) is 6.04 Å². The molecule has 3 aromatic rings. The summed E-state index contributed by atoms with van der Waals surface area (Å²) in [6, 6.07) is 26.3. The second kappa shape index (κ2) is 14.5. The molecule has 39 heavy (non-hydrogen) atoms. The fraction of sp³-hybridized carbons (Fsp3) is 0.394. The van der Waals surface area contributed by atoms with E-state index in [9.17, 15) is 9.59 Å². The fourth-order valence-electron chi connectivity index (χ4n) is 4.13. The van der Waals surface area contributed by atoms with E-state index in [4.69, 9.17) is 9.47 Å². The van der Waals surface area contributed by atoms with Gasteiger partial charge in [0.2, 0.25) is 5.91 Å². The molecule has 2 N–H and O–H groups in total. The smallest absolute Gasteiger partial charge is 0.329 e. The van der Waals surface area contributed by atoms with Gasteiger partial charge in [-0.2, -0.15) is 0 Å². The zero-order valence-electron chi connectivity index (χ0n) is 23.8. The number of carbonyl (C=O) groups is 2. The van der Waals surface area contributed by atoms with Gasteiger partial charge in [0.1, 0.15) is 24.0 Å². The van der Waals surface area contributed by atoms with Crippen molar-refractivity contribution in [2.75, 3.05) is 0 Å². The van der Waals surface area contributed by atoms with Crippen LogP contribution in [0.4, 0.5) is 0 Å². The lowest BCUT2D eigenvalue weighted by atomic mass is 10.0. The summed E-state index contributed by atoms with van der Waals surface area (Å²) in [6.07, 6.45) is 0.958. The van der Waals surface area contributed by atoms with Crippen molar-refractivity contribution >= 4 is 11.9 Å². The molecule has 0 aliphatic carbocycles. The third kappa shape index (κ3) is 10.9. The van der Waals surface area contributed by atoms with Crippen molar-refractivity contribution < 1.29 is 19.1 Å². The van der Waals surface area contributed by atoms with Crippen molar-refractivity contribution in [2.45, 2.75) is 78.3 Å². The molecular weight excluding hydrogens is 488 g/mol. The zero-order chi connectivity index (χ0) is 28.3. The molecule has 6 heteroatoms. The summed E-state index contributed by atoms with van der Waals surface area (Å²) in [5, 5.41) is 6.36. The van der Waals surface area contributed by atoms with E-state index in [2.05, 4.69) is 24.5 Å². The standard InChI is InChI=1S/C33H42N2O4/c1-24(2)20-29(34-22-26-12-8-6-9-13-26)31(36)35-30(32(37)39-33(3,4)5)21-25-16-18-28(19-17-25)38-23-27-14-10-7-11-15-27/h6-19,24,29-30,34H,20-23H2,1-5H3,(H,35,36). The van der Waals surface area contributed by atoms with Gasteiger partial charge in [-0.15, -0.1) is 0 Å². The molecule has 1 amide bonds. The summed E-state index contributed by atoms with van der Waals surface area (Å²) in [6.45, 7) is 10.7. The maximum Gasteiger partial charge on any atom is 0.329 e. The highest BCUT2D eigenvalue weighted by atomic mass is 16.6. The van der Waals surface area contributed by atoms with Crippen LogP contribution in [0.3, 0.4) is 0 Å². The summed E-state index contributed by atoms with van der Waals surface area (Å²) in [5.41, 5.74) is 2.41. The summed E-state index contributed by atoms with van der Waals surface area (Å²) in [7, 11) is 0. The molecule has 208 valence electrons. The first-order chi connectivity index (χ1) is 18.6. The Balaban J connectivity index is 1.69. The number of benzene rings is 3. The Hall–Kier alpha value is -3.64. The molecule has 0 fully saturated rings. The van der Waals surface area contributed by atoms with Gasteiger partial charge < -0.3 is 20.1 Å². The minimum absolute atomic E-state index is 0.210. The molecule has 2 atom stereocenters. The molecule has 6 nitrogen and oxygen atoms in total. The molecule has 0 bridgehead atoms. The molecule has 3 rings (SSSR count). The Bertz CT molecular complexity index is 1160. The predicted molar refractivity (Wildman–Crippen MR) is 155 cm³/mol. The molecule has 3 aromatic carbocycles. The van der Waals surface area contributed by atoms with E-state index in [1.807, 2.05) is 106 Å². The maximum atomic E-state index is 13.4. The normalized spacial score (nSPS) is 13.0. The van der Waals surface area contributed by atoms with Crippen molar-refractivity contribution in [3.63, 3.8) is 0 Å². The van der Waals surface area contributed by atoms with Gasteiger partial charge in [-0.25, -0.2) is 4.79 Å². The lowest BCUT2D eigenvalue weighted by molar-refractivity contribution is -0.158. The number of esters is 1. The van der Waals surface area contributed by atoms with E-state index >= 15 is 0 Å². The van der Waals surface area contributed by atoms with Gasteiger partial charge in [-0.3, -0.25) is 4.79 Å². The topological polar surface area (TPSA) is 76.7 Å². The summed E-state index contributed by atoms with van der Waals surface area (Å²) < 4.78 is 11.6. The highest BCUT2D eigenvalue weighted by Gasteiger charge is 2.30. The van der Waals surface area contributed by atoms with E-state index in [1.54, 1.807) is 0 Å². The van der Waals surface area contributed by atoms with Gasteiger partial charge in [0.25, 0.3) is 0 Å². The Morgan fingerprint density at radius 2 is 1.36 bits per heavy atom. The van der Waals surface area contributed by atoms with Crippen LogP contribution in [0.25, 0.3) is 0 Å². The van der Waals surface area contributed by atoms with Gasteiger partial charge in [0.15, 0.2) is 0 Å². The molecule has 0 spiro atoms. The lowest BCUT2D eigenvalue weighted by Gasteiger charge is -2.27. The summed E-state index contributed by atoms with van der Waals surface area (Å²) in [5.74, 6) is 0.375. The van der Waals surface area contributed by atoms with Crippen molar-refractivity contribution in [3.8, 4) is 5.75 Å². The number of ether oxygens (including phenoxy) is 2. The first-order valence-corrected chi connectivity index (χ1v) is 13.7. The van der Waals surface area contributed by atoms with E-state index in [-0.39, 0.29) is 5.91 Å². The van der Waals surface area contributed by atoms with Crippen molar-refractivity contribution in [1.29, 1.82) is 0 Å². The quantitative estimate of drug-likeness (QED) is 0.272. The van der Waals surface area contributed by atoms with Crippen LogP contribution in [0, 0.1) is 5.92 Å². The maximum absolute atomic E-state index is 13.4. The lowest BCUT2D eigenvalue weighted by Crippen LogP contribution is -2.52. The van der Waals surface area contributed by atoms with Crippen LogP contribution in [-0.2, 0) is 33.9 Å². The third-order valence-electron chi connectivity index (χ3n) is 6.04. The third-order valence-corrected chi connectivity index (χ3v) is 6.04. The highest BCUT2D eigenvalue weighted by Crippen LogP contribution is 2.17. The number of hydrogen-bond donors (Lipinski definition) is 2. The van der Waals surface area contributed by atoms with Gasteiger partial charge in [-0.1, -0.05) is 86.6 Å². The Labute approximate surface area is 233 Å². The Morgan fingerprint density at radius 3 is 1.92 bits per heavy atom. The molecule has 0 radical (unpaired) electrons. The van der Waals surface area contributed by atoms with Crippen LogP contribution in [0.1, 0.15) is 57.7 Å². The summed E-state index contributed by atoms with van der Waals surface area (Å²) >= 11 is 0. The SMILES string of the molecule is CC(C)CC(NCc1ccccc1)C(=O)NC(Cc1ccc(OCc2ccccc2)cc1)C(=O)OC(C)(C)C. The zero-order valence-corrected chi connectivity index (χ0v) is 23.8. The minimum atomic E-state index is -0.819. The van der Waals surface area contributed by atoms with E-state index in [1.165, 1.54) is 0 Å². The van der Waals surface area contributed by atoms with E-state index in [0.29, 0.717) is 31.9 Å². The number of hydrogen-bond acceptors (Lipinski definition) is 5. The number of rotatable bonds is 13. The van der Waals surface area contributed by atoms with E-state index in [0.717, 1.165) is 22.4 Å². The fourth-order valence-corrected chi connectivity index (χ4v) is 4.13. The number of nitrogens with one attached hydrogen (secondary N) is 2. The Kier molecular flexibility index (Phi) is 11.1. The first-order valence-electron chi connectivity index (χ1n) is 13.7. The molecular formula is C33H42N2O4. The van der Waals surface area contributed by atoms with E-state index < -0.39 is 23.7 Å². The van der Waals surface area contributed by atoms with Gasteiger partial charge >= 0.3 is 5.97 Å². The minimum Gasteiger partial charge on any atom is -0.489 e. The van der Waals surface area contributed by atoms with Crippen molar-refractivity contribution in [2.24, 2.45) is 5.92 Å². The average Bonchev–Trinajstić information content (AvgIpc) is 2.90. The molecule has 0 aliphatic rings. The first kappa shape index (κ1) is 29.9. The number of amides is 1. The monoisotopic (exact) mass is 530 g/mol. The van der Waals surface area contributed by atoms with Crippen molar-refractivity contribution in [1.82, 2.24) is 10.6 Å². The predicted octanol–water partition coefficient (Wildman–Crippen LogP) is 5.84. The van der Waals surface area contributed by atoms with Crippen LogP contribution in [0.15, 0.2) is 84.9 Å². The van der Waals surface area contributed by atoms with Crippen LogP contribution in [-0.4, -0.2) is 29.6 Å². The highest BCUT2D eigenvalue weighted by molar-refractivity contribution is 5.87. The summed E-state index contributed by atoms with van der Waals surface area (Å²) in [4.78, 5) is 26.6. The second-order valence-corrected chi connectivity index (χ2v) is 11.3. The molecule has 0 saturated carbocycles. The van der Waals surface area contributed by atoms with Gasteiger partial charge in [-0.05, 0) is 61.9 Å². The average molecular weight is 531 g/mol. The molecule has 2 unspecified atom stereocenters.